The number of nitrogens with one attached hydrogen (secondary N) is 3. The largest absolute Gasteiger partial charge is 0.376 e. The number of hydrogen-bond acceptors (Lipinski definition) is 5. The molecule has 0 saturated heterocycles. The quantitative estimate of drug-likeness (QED) is 0.674. The number of amides is 2. The van der Waals surface area contributed by atoms with Gasteiger partial charge in [0.1, 0.15) is 0 Å². The Morgan fingerprint density at radius 1 is 1.04 bits per heavy atom. The predicted octanol–water partition coefficient (Wildman–Crippen LogP) is 2.03. The Balaban J connectivity index is 1.58. The third kappa shape index (κ3) is 5.30. The molecule has 1 aliphatic carbocycles. The van der Waals surface area contributed by atoms with E-state index in [0.29, 0.717) is 16.9 Å². The highest BCUT2D eigenvalue weighted by molar-refractivity contribution is 7.90. The topological polar surface area (TPSA) is 104 Å². The maximum atomic E-state index is 12.3. The molecule has 0 unspecified atom stereocenters. The minimum Gasteiger partial charge on any atom is -0.376 e. The van der Waals surface area contributed by atoms with Crippen molar-refractivity contribution in [2.45, 2.75) is 23.8 Å². The van der Waals surface area contributed by atoms with Crippen LogP contribution in [0.2, 0.25) is 0 Å². The molecule has 1 saturated carbocycles. The number of carbonyl (C=O) groups excluding carboxylic acids is 2. The normalized spacial score (nSPS) is 13.7. The van der Waals surface area contributed by atoms with Gasteiger partial charge in [-0.05, 0) is 49.2 Å². The van der Waals surface area contributed by atoms with E-state index in [1.807, 2.05) is 0 Å². The molecule has 0 atom stereocenters. The average molecular weight is 387 g/mol. The predicted molar refractivity (Wildman–Crippen MR) is 104 cm³/mol. The minimum absolute atomic E-state index is 0.0262. The monoisotopic (exact) mass is 387 g/mol. The van der Waals surface area contributed by atoms with Crippen LogP contribution < -0.4 is 16.0 Å². The van der Waals surface area contributed by atoms with E-state index < -0.39 is 9.84 Å². The van der Waals surface area contributed by atoms with Crippen molar-refractivity contribution < 1.29 is 18.0 Å². The van der Waals surface area contributed by atoms with Crippen molar-refractivity contribution in [3.05, 3.63) is 54.1 Å². The summed E-state index contributed by atoms with van der Waals surface area (Å²) in [7, 11) is -3.27. The third-order valence-electron chi connectivity index (χ3n) is 4.09. The fraction of sp³-hybridized carbons (Fsp3) is 0.263. The molecule has 3 rings (SSSR count). The first-order valence-corrected chi connectivity index (χ1v) is 10.5. The molecule has 8 heteroatoms. The van der Waals surface area contributed by atoms with Crippen molar-refractivity contribution in [3.8, 4) is 0 Å². The van der Waals surface area contributed by atoms with Gasteiger partial charge >= 0.3 is 0 Å². The first-order valence-electron chi connectivity index (χ1n) is 8.56. The van der Waals surface area contributed by atoms with Crippen molar-refractivity contribution >= 4 is 33.0 Å². The molecule has 7 nitrogen and oxygen atoms in total. The Morgan fingerprint density at radius 3 is 2.33 bits per heavy atom. The Kier molecular flexibility index (Phi) is 5.46. The lowest BCUT2D eigenvalue weighted by molar-refractivity contribution is -0.114. The van der Waals surface area contributed by atoms with E-state index in [4.69, 9.17) is 0 Å². The van der Waals surface area contributed by atoms with Gasteiger partial charge in [-0.3, -0.25) is 9.59 Å². The molecule has 1 aliphatic rings. The smallest absolute Gasteiger partial charge is 0.253 e. The van der Waals surface area contributed by atoms with Gasteiger partial charge in [0.15, 0.2) is 9.84 Å². The standard InChI is InChI=1S/C19H21N3O4S/c1-27(25,26)15-10-8-13(9-11-15)21-18(23)12-20-17-5-3-2-4-16(17)19(24)22-14-6-7-14/h2-5,8-11,14,20H,6-7,12H2,1H3,(H,21,23)(H,22,24). The lowest BCUT2D eigenvalue weighted by atomic mass is 10.1. The Labute approximate surface area is 158 Å². The summed E-state index contributed by atoms with van der Waals surface area (Å²) in [5, 5.41) is 8.59. The first-order chi connectivity index (χ1) is 12.8. The van der Waals surface area contributed by atoms with Crippen LogP contribution in [0.1, 0.15) is 23.2 Å². The van der Waals surface area contributed by atoms with Crippen LogP contribution in [0.4, 0.5) is 11.4 Å². The number of anilines is 2. The molecule has 2 aromatic rings. The highest BCUT2D eigenvalue weighted by atomic mass is 32.2. The second-order valence-corrected chi connectivity index (χ2v) is 8.51. The number of rotatable bonds is 7. The number of benzene rings is 2. The molecule has 0 bridgehead atoms. The van der Waals surface area contributed by atoms with Gasteiger partial charge in [0.05, 0.1) is 17.0 Å². The lowest BCUT2D eigenvalue weighted by Crippen LogP contribution is -2.27. The van der Waals surface area contributed by atoms with Crippen molar-refractivity contribution in [2.24, 2.45) is 0 Å². The molecule has 3 N–H and O–H groups in total. The molecule has 0 aliphatic heterocycles. The Bertz CT molecular complexity index is 951. The summed E-state index contributed by atoms with van der Waals surface area (Å²) in [6.45, 7) is -0.0262. The third-order valence-corrected chi connectivity index (χ3v) is 5.22. The summed E-state index contributed by atoms with van der Waals surface area (Å²) in [6, 6.07) is 13.2. The van der Waals surface area contributed by atoms with Gasteiger partial charge in [0.2, 0.25) is 5.91 Å². The maximum absolute atomic E-state index is 12.3. The molecule has 1 fully saturated rings. The maximum Gasteiger partial charge on any atom is 0.253 e. The van der Waals surface area contributed by atoms with Crippen LogP contribution in [-0.4, -0.2) is 39.1 Å². The molecule has 2 amide bonds. The SMILES string of the molecule is CS(=O)(=O)c1ccc(NC(=O)CNc2ccccc2C(=O)NC2CC2)cc1. The fourth-order valence-corrected chi connectivity index (χ4v) is 3.12. The number of hydrogen-bond donors (Lipinski definition) is 3. The van der Waals surface area contributed by atoms with Gasteiger partial charge in [-0.2, -0.15) is 0 Å². The van der Waals surface area contributed by atoms with Crippen LogP contribution in [0.15, 0.2) is 53.4 Å². The van der Waals surface area contributed by atoms with E-state index in [9.17, 15) is 18.0 Å². The summed E-state index contributed by atoms with van der Waals surface area (Å²) in [4.78, 5) is 24.6. The summed E-state index contributed by atoms with van der Waals surface area (Å²) >= 11 is 0. The Hall–Kier alpha value is -2.87. The summed E-state index contributed by atoms with van der Waals surface area (Å²) in [5.41, 5.74) is 1.57. The zero-order valence-corrected chi connectivity index (χ0v) is 15.7. The van der Waals surface area contributed by atoms with Gasteiger partial charge in [-0.1, -0.05) is 12.1 Å². The molecule has 0 aromatic heterocycles. The van der Waals surface area contributed by atoms with Crippen LogP contribution in [0.5, 0.6) is 0 Å². The van der Waals surface area contributed by atoms with E-state index in [1.165, 1.54) is 24.3 Å². The van der Waals surface area contributed by atoms with Crippen molar-refractivity contribution in [1.82, 2.24) is 5.32 Å². The van der Waals surface area contributed by atoms with Gasteiger partial charge in [-0.25, -0.2) is 8.42 Å². The van der Waals surface area contributed by atoms with Crippen molar-refractivity contribution in [3.63, 3.8) is 0 Å². The molecule has 0 heterocycles. The second-order valence-electron chi connectivity index (χ2n) is 6.49. The summed E-state index contributed by atoms with van der Waals surface area (Å²) in [5.74, 6) is -0.461. The van der Waals surface area contributed by atoms with Crippen LogP contribution in [0, 0.1) is 0 Å². The molecule has 2 aromatic carbocycles. The zero-order chi connectivity index (χ0) is 19.4. The first kappa shape index (κ1) is 18.9. The minimum atomic E-state index is -3.27. The molecule has 142 valence electrons. The highest BCUT2D eigenvalue weighted by Crippen LogP contribution is 2.21. The van der Waals surface area contributed by atoms with Gasteiger partial charge < -0.3 is 16.0 Å². The molecule has 0 spiro atoms. The van der Waals surface area contributed by atoms with Crippen molar-refractivity contribution in [2.75, 3.05) is 23.4 Å². The van der Waals surface area contributed by atoms with E-state index in [0.717, 1.165) is 19.1 Å². The van der Waals surface area contributed by atoms with Crippen LogP contribution in [0.3, 0.4) is 0 Å². The molecule has 27 heavy (non-hydrogen) atoms. The second kappa shape index (κ2) is 7.79. The highest BCUT2D eigenvalue weighted by Gasteiger charge is 2.24. The molecular weight excluding hydrogens is 366 g/mol. The van der Waals surface area contributed by atoms with E-state index in [1.54, 1.807) is 24.3 Å². The fourth-order valence-electron chi connectivity index (χ4n) is 2.49. The lowest BCUT2D eigenvalue weighted by Gasteiger charge is -2.12. The number of carbonyl (C=O) groups is 2. The van der Waals surface area contributed by atoms with E-state index in [-0.39, 0.29) is 29.3 Å². The summed E-state index contributed by atoms with van der Waals surface area (Å²) < 4.78 is 22.9. The van der Waals surface area contributed by atoms with Crippen LogP contribution in [0.25, 0.3) is 0 Å². The van der Waals surface area contributed by atoms with Gasteiger partial charge in [0, 0.05) is 23.7 Å². The van der Waals surface area contributed by atoms with Gasteiger partial charge in [0.25, 0.3) is 5.91 Å². The van der Waals surface area contributed by atoms with Crippen LogP contribution in [-0.2, 0) is 14.6 Å². The average Bonchev–Trinajstić information content (AvgIpc) is 3.44. The zero-order valence-electron chi connectivity index (χ0n) is 14.9. The molecule has 0 radical (unpaired) electrons. The number of sulfone groups is 1. The number of para-hydroxylation sites is 1. The summed E-state index contributed by atoms with van der Waals surface area (Å²) in [6.07, 6.45) is 3.13. The molecular formula is C19H21N3O4S. The van der Waals surface area contributed by atoms with Gasteiger partial charge in [-0.15, -0.1) is 0 Å². The van der Waals surface area contributed by atoms with E-state index in [2.05, 4.69) is 16.0 Å². The van der Waals surface area contributed by atoms with E-state index >= 15 is 0 Å². The van der Waals surface area contributed by atoms with Crippen molar-refractivity contribution in [1.29, 1.82) is 0 Å². The van der Waals surface area contributed by atoms with Crippen LogP contribution >= 0.6 is 0 Å². The Morgan fingerprint density at radius 2 is 1.70 bits per heavy atom.